The number of hydrogen-bond donors (Lipinski definition) is 1. The predicted molar refractivity (Wildman–Crippen MR) is 144 cm³/mol. The predicted octanol–water partition coefficient (Wildman–Crippen LogP) is 7.23. The molecule has 1 N–H and O–H groups in total. The van der Waals surface area contributed by atoms with Gasteiger partial charge in [0.2, 0.25) is 6.86 Å². The average Bonchev–Trinajstić information content (AvgIpc) is 3.78. The second-order valence-electron chi connectivity index (χ2n) is 9.49. The molecule has 0 aliphatic heterocycles. The molecule has 5 rings (SSSR count). The first-order valence-electron chi connectivity index (χ1n) is 12.7. The van der Waals surface area contributed by atoms with Crippen molar-refractivity contribution in [2.45, 2.75) is 18.9 Å². The quantitative estimate of drug-likeness (QED) is 0.201. The molecule has 0 unspecified atom stereocenters. The maximum absolute atomic E-state index is 13.6. The van der Waals surface area contributed by atoms with Gasteiger partial charge in [-0.1, -0.05) is 30.3 Å². The average molecular weight is 550 g/mol. The minimum Gasteiger partial charge on any atom is -0.490 e. The van der Waals surface area contributed by atoms with Crippen molar-refractivity contribution >= 4 is 29.0 Å². The summed E-state index contributed by atoms with van der Waals surface area (Å²) in [5.74, 6) is -2.39. The smallest absolute Gasteiger partial charge is 0.339 e. The van der Waals surface area contributed by atoms with Crippen molar-refractivity contribution in [2.75, 3.05) is 20.1 Å². The number of hydrogen-bond acceptors (Lipinski definition) is 5. The van der Waals surface area contributed by atoms with Gasteiger partial charge in [0, 0.05) is 11.5 Å². The minimum atomic E-state index is -1.22. The Labute approximate surface area is 228 Å². The van der Waals surface area contributed by atoms with Gasteiger partial charge in [0.25, 0.3) is 0 Å². The zero-order chi connectivity index (χ0) is 28.1. The Hall–Kier alpha value is -4.37. The van der Waals surface area contributed by atoms with E-state index < -0.39 is 30.6 Å². The fraction of sp³-hybridized carbons (Fsp3) is 0.226. The fourth-order valence-corrected chi connectivity index (χ4v) is 4.17. The number of carboxylic acids is 1. The third-order valence-electron chi connectivity index (χ3n) is 6.50. The van der Waals surface area contributed by atoms with E-state index in [-0.39, 0.29) is 23.7 Å². The van der Waals surface area contributed by atoms with Crippen LogP contribution in [0.1, 0.15) is 46.1 Å². The van der Waals surface area contributed by atoms with Crippen molar-refractivity contribution in [2.24, 2.45) is 5.92 Å². The van der Waals surface area contributed by atoms with Gasteiger partial charge >= 0.3 is 5.97 Å². The van der Waals surface area contributed by atoms with Crippen LogP contribution < -0.4 is 9.47 Å². The number of halogens is 3. The molecular formula is C31H26F3NO5. The molecule has 6 nitrogen and oxygen atoms in total. The lowest BCUT2D eigenvalue weighted by atomic mass is 10.1. The SMILES string of the molecule is O=C(O)c1cc(OCF)ccc1OC[C@H](OCC1CC1)c1cccc(/C=C/c2ccc3cc(F)c(F)cc3n2)c1. The van der Waals surface area contributed by atoms with Gasteiger partial charge in [0.05, 0.1) is 17.8 Å². The van der Waals surface area contributed by atoms with Crippen LogP contribution in [-0.2, 0) is 4.74 Å². The molecule has 0 radical (unpaired) electrons. The van der Waals surface area contributed by atoms with Gasteiger partial charge in [-0.3, -0.25) is 0 Å². The zero-order valence-electron chi connectivity index (χ0n) is 21.4. The summed E-state index contributed by atoms with van der Waals surface area (Å²) in [6.07, 6.45) is 5.35. The highest BCUT2D eigenvalue weighted by Crippen LogP contribution is 2.32. The number of benzene rings is 3. The molecule has 0 spiro atoms. The highest BCUT2D eigenvalue weighted by atomic mass is 19.2. The van der Waals surface area contributed by atoms with E-state index in [1.165, 1.54) is 18.2 Å². The molecule has 1 fully saturated rings. The number of carboxylic acid groups (broad SMARTS) is 1. The van der Waals surface area contributed by atoms with E-state index in [4.69, 9.17) is 14.2 Å². The molecule has 1 aliphatic carbocycles. The van der Waals surface area contributed by atoms with E-state index in [0.29, 0.717) is 29.1 Å². The monoisotopic (exact) mass is 549 g/mol. The Kier molecular flexibility index (Phi) is 8.31. The lowest BCUT2D eigenvalue weighted by molar-refractivity contribution is 0.0128. The molecule has 1 saturated carbocycles. The molecule has 0 bridgehead atoms. The Morgan fingerprint density at radius 3 is 2.60 bits per heavy atom. The van der Waals surface area contributed by atoms with E-state index in [1.54, 1.807) is 18.2 Å². The number of aromatic carboxylic acids is 1. The first-order chi connectivity index (χ1) is 19.4. The van der Waals surface area contributed by atoms with E-state index in [2.05, 4.69) is 4.98 Å². The van der Waals surface area contributed by atoms with Crippen molar-refractivity contribution in [1.82, 2.24) is 4.98 Å². The summed E-state index contributed by atoms with van der Waals surface area (Å²) < 4.78 is 56.5. The third-order valence-corrected chi connectivity index (χ3v) is 6.50. The number of rotatable bonds is 12. The summed E-state index contributed by atoms with van der Waals surface area (Å²) in [4.78, 5) is 16.1. The molecule has 0 saturated heterocycles. The van der Waals surface area contributed by atoms with Crippen LogP contribution in [0.15, 0.2) is 66.7 Å². The second kappa shape index (κ2) is 12.2. The topological polar surface area (TPSA) is 77.9 Å². The van der Waals surface area contributed by atoms with Crippen LogP contribution in [0.25, 0.3) is 23.1 Å². The zero-order valence-corrected chi connectivity index (χ0v) is 21.4. The minimum absolute atomic E-state index is 0.0534. The van der Waals surface area contributed by atoms with E-state index in [1.807, 2.05) is 30.3 Å². The van der Waals surface area contributed by atoms with Gasteiger partial charge in [-0.25, -0.2) is 22.9 Å². The summed E-state index contributed by atoms with van der Waals surface area (Å²) in [5.41, 5.74) is 2.47. The molecule has 4 aromatic rings. The van der Waals surface area contributed by atoms with Crippen LogP contribution in [-0.4, -0.2) is 36.1 Å². The van der Waals surface area contributed by atoms with Crippen molar-refractivity contribution in [3.8, 4) is 11.5 Å². The molecular weight excluding hydrogens is 523 g/mol. The Bertz CT molecular complexity index is 1550. The first kappa shape index (κ1) is 27.2. The number of nitrogens with zero attached hydrogens (tertiary/aromatic N) is 1. The van der Waals surface area contributed by atoms with Gasteiger partial charge in [0.1, 0.15) is 29.8 Å². The standard InChI is InChI=1S/C31H26F3NO5/c32-18-40-24-10-11-29(25(14-24)31(36)37)39-17-30(38-16-20-4-5-20)22-3-1-2-19(12-22)6-8-23-9-7-21-13-26(33)27(34)15-28(21)35-23/h1-3,6-15,20,30H,4-5,16-18H2,(H,36,37)/b8-6+/t30-/m0/s1. The third kappa shape index (κ3) is 6.79. The van der Waals surface area contributed by atoms with Gasteiger partial charge < -0.3 is 19.3 Å². The summed E-state index contributed by atoms with van der Waals surface area (Å²) in [6, 6.07) is 17.3. The Balaban J connectivity index is 1.34. The molecule has 40 heavy (non-hydrogen) atoms. The maximum atomic E-state index is 13.6. The first-order valence-corrected chi connectivity index (χ1v) is 12.7. The molecule has 1 aliphatic rings. The van der Waals surface area contributed by atoms with Gasteiger partial charge in [-0.2, -0.15) is 0 Å². The fourth-order valence-electron chi connectivity index (χ4n) is 4.17. The van der Waals surface area contributed by atoms with E-state index in [0.717, 1.165) is 36.1 Å². The molecule has 9 heteroatoms. The van der Waals surface area contributed by atoms with Crippen molar-refractivity contribution in [3.63, 3.8) is 0 Å². The molecule has 3 aromatic carbocycles. The van der Waals surface area contributed by atoms with Gasteiger partial charge in [0.15, 0.2) is 11.6 Å². The number of pyridine rings is 1. The van der Waals surface area contributed by atoms with Crippen LogP contribution in [0.3, 0.4) is 0 Å². The van der Waals surface area contributed by atoms with Crippen LogP contribution in [0.2, 0.25) is 0 Å². The number of fused-ring (bicyclic) bond motifs is 1. The van der Waals surface area contributed by atoms with Crippen LogP contribution >= 0.6 is 0 Å². The highest BCUT2D eigenvalue weighted by molar-refractivity contribution is 5.91. The maximum Gasteiger partial charge on any atom is 0.339 e. The normalized spacial score (nSPS) is 14.0. The van der Waals surface area contributed by atoms with Crippen LogP contribution in [0, 0.1) is 17.6 Å². The Morgan fingerprint density at radius 2 is 1.82 bits per heavy atom. The number of ether oxygens (including phenoxy) is 3. The number of aromatic nitrogens is 1. The summed E-state index contributed by atoms with van der Waals surface area (Å²) >= 11 is 0. The number of alkyl halides is 1. The lowest BCUT2D eigenvalue weighted by Gasteiger charge is -2.20. The summed E-state index contributed by atoms with van der Waals surface area (Å²) in [6.45, 7) is -0.463. The lowest BCUT2D eigenvalue weighted by Crippen LogP contribution is -2.16. The molecule has 1 heterocycles. The Morgan fingerprint density at radius 1 is 1.00 bits per heavy atom. The second-order valence-corrected chi connectivity index (χ2v) is 9.49. The van der Waals surface area contributed by atoms with Gasteiger partial charge in [-0.15, -0.1) is 0 Å². The highest BCUT2D eigenvalue weighted by Gasteiger charge is 2.25. The van der Waals surface area contributed by atoms with Crippen molar-refractivity contribution in [1.29, 1.82) is 0 Å². The molecule has 0 amide bonds. The van der Waals surface area contributed by atoms with Gasteiger partial charge in [-0.05, 0) is 72.4 Å². The van der Waals surface area contributed by atoms with Crippen LogP contribution in [0.4, 0.5) is 13.2 Å². The van der Waals surface area contributed by atoms with E-state index >= 15 is 0 Å². The molecule has 1 aromatic heterocycles. The van der Waals surface area contributed by atoms with Crippen molar-refractivity contribution in [3.05, 3.63) is 101 Å². The molecule has 1 atom stereocenters. The largest absolute Gasteiger partial charge is 0.490 e. The van der Waals surface area contributed by atoms with E-state index in [9.17, 15) is 23.1 Å². The number of carbonyl (C=O) groups is 1. The van der Waals surface area contributed by atoms with Crippen LogP contribution in [0.5, 0.6) is 11.5 Å². The summed E-state index contributed by atoms with van der Waals surface area (Å²) in [5, 5.41) is 10.1. The molecule has 206 valence electrons. The van der Waals surface area contributed by atoms with Crippen molar-refractivity contribution < 1.29 is 37.3 Å². The summed E-state index contributed by atoms with van der Waals surface area (Å²) in [7, 11) is 0.